The molecule has 0 atom stereocenters. The Balaban J connectivity index is 2.13. The van der Waals surface area contributed by atoms with Gasteiger partial charge in [-0.1, -0.05) is 0 Å². The van der Waals surface area contributed by atoms with Gasteiger partial charge in [0.05, 0.1) is 19.8 Å². The first-order valence-corrected chi connectivity index (χ1v) is 4.44. The maximum Gasteiger partial charge on any atom is 0.317 e. The molecule has 5 nitrogen and oxygen atoms in total. The summed E-state index contributed by atoms with van der Waals surface area (Å²) in [6.07, 6.45) is 0. The van der Waals surface area contributed by atoms with Crippen LogP contribution in [-0.4, -0.2) is 57.5 Å². The summed E-state index contributed by atoms with van der Waals surface area (Å²) in [4.78, 5) is 13.1. The van der Waals surface area contributed by atoms with Crippen LogP contribution in [-0.2, 0) is 9.47 Å². The Hall–Kier alpha value is -0.810. The topological polar surface area (TPSA) is 50.8 Å². The highest BCUT2D eigenvalue weighted by atomic mass is 16.5. The highest BCUT2D eigenvalue weighted by Crippen LogP contribution is 1.96. The maximum atomic E-state index is 11.4. The van der Waals surface area contributed by atoms with Crippen LogP contribution in [0.2, 0.25) is 0 Å². The van der Waals surface area contributed by atoms with E-state index < -0.39 is 0 Å². The predicted molar refractivity (Wildman–Crippen MR) is 47.7 cm³/mol. The molecular formula is C8H16N2O3. The van der Waals surface area contributed by atoms with Crippen LogP contribution >= 0.6 is 0 Å². The summed E-state index contributed by atoms with van der Waals surface area (Å²) < 4.78 is 9.95. The Morgan fingerprint density at radius 2 is 2.23 bits per heavy atom. The van der Waals surface area contributed by atoms with E-state index in [1.807, 2.05) is 0 Å². The molecule has 1 N–H and O–H groups in total. The van der Waals surface area contributed by atoms with Gasteiger partial charge in [-0.25, -0.2) is 4.79 Å². The van der Waals surface area contributed by atoms with E-state index in [-0.39, 0.29) is 6.03 Å². The Morgan fingerprint density at radius 3 is 2.85 bits per heavy atom. The number of carbonyl (C=O) groups is 1. The number of rotatable bonds is 3. The normalized spacial score (nSPS) is 17.2. The Kier molecular flexibility index (Phi) is 4.56. The number of morpholine rings is 1. The van der Waals surface area contributed by atoms with Crippen LogP contribution in [0.3, 0.4) is 0 Å². The number of nitrogens with zero attached hydrogens (tertiary/aromatic N) is 1. The molecule has 0 saturated carbocycles. The molecule has 13 heavy (non-hydrogen) atoms. The zero-order valence-corrected chi connectivity index (χ0v) is 7.91. The zero-order chi connectivity index (χ0) is 9.52. The number of methoxy groups -OCH3 is 1. The van der Waals surface area contributed by atoms with E-state index in [4.69, 9.17) is 9.47 Å². The molecule has 0 radical (unpaired) electrons. The van der Waals surface area contributed by atoms with Crippen LogP contribution in [0.25, 0.3) is 0 Å². The van der Waals surface area contributed by atoms with Crippen molar-refractivity contribution in [2.75, 3.05) is 46.6 Å². The summed E-state index contributed by atoms with van der Waals surface area (Å²) in [5, 5.41) is 2.76. The third-order valence-corrected chi connectivity index (χ3v) is 1.88. The average Bonchev–Trinajstić information content (AvgIpc) is 2.19. The Morgan fingerprint density at radius 1 is 1.54 bits per heavy atom. The fourth-order valence-electron chi connectivity index (χ4n) is 1.14. The SMILES string of the molecule is COCCNC(=O)N1CCOCC1. The number of carbonyl (C=O) groups excluding carboxylic acids is 1. The molecule has 1 aliphatic heterocycles. The van der Waals surface area contributed by atoms with Crippen LogP contribution in [0.1, 0.15) is 0 Å². The van der Waals surface area contributed by atoms with E-state index in [0.717, 1.165) is 0 Å². The molecule has 1 heterocycles. The summed E-state index contributed by atoms with van der Waals surface area (Å²) >= 11 is 0. The number of amides is 2. The van der Waals surface area contributed by atoms with Gasteiger partial charge >= 0.3 is 6.03 Å². The summed E-state index contributed by atoms with van der Waals surface area (Å²) in [5.74, 6) is 0. The first-order valence-electron chi connectivity index (χ1n) is 4.44. The van der Waals surface area contributed by atoms with E-state index >= 15 is 0 Å². The second kappa shape index (κ2) is 5.77. The van der Waals surface area contributed by atoms with Gasteiger partial charge in [0.1, 0.15) is 0 Å². The van der Waals surface area contributed by atoms with Crippen molar-refractivity contribution < 1.29 is 14.3 Å². The van der Waals surface area contributed by atoms with Crippen molar-refractivity contribution in [3.63, 3.8) is 0 Å². The molecule has 1 rings (SSSR count). The second-order valence-corrected chi connectivity index (χ2v) is 2.82. The highest BCUT2D eigenvalue weighted by Gasteiger charge is 2.15. The quantitative estimate of drug-likeness (QED) is 0.617. The van der Waals surface area contributed by atoms with Gasteiger partial charge in [0.2, 0.25) is 0 Å². The lowest BCUT2D eigenvalue weighted by Crippen LogP contribution is -2.46. The van der Waals surface area contributed by atoms with E-state index in [1.54, 1.807) is 12.0 Å². The minimum absolute atomic E-state index is 0.0275. The number of hydrogen-bond donors (Lipinski definition) is 1. The van der Waals surface area contributed by atoms with Crippen LogP contribution < -0.4 is 5.32 Å². The van der Waals surface area contributed by atoms with Crippen molar-refractivity contribution in [2.24, 2.45) is 0 Å². The number of ether oxygens (including phenoxy) is 2. The standard InChI is InChI=1S/C8H16N2O3/c1-12-5-2-9-8(11)10-3-6-13-7-4-10/h2-7H2,1H3,(H,9,11). The fourth-order valence-corrected chi connectivity index (χ4v) is 1.14. The number of nitrogens with one attached hydrogen (secondary N) is 1. The molecule has 0 bridgehead atoms. The third-order valence-electron chi connectivity index (χ3n) is 1.88. The lowest BCUT2D eigenvalue weighted by Gasteiger charge is -2.26. The van der Waals surface area contributed by atoms with Gasteiger partial charge in [-0.3, -0.25) is 0 Å². The van der Waals surface area contributed by atoms with Gasteiger partial charge in [-0.15, -0.1) is 0 Å². The summed E-state index contributed by atoms with van der Waals surface area (Å²) in [7, 11) is 1.61. The molecule has 1 fully saturated rings. The number of urea groups is 1. The molecule has 0 aromatic carbocycles. The Labute approximate surface area is 78.0 Å². The van der Waals surface area contributed by atoms with Crippen molar-refractivity contribution in [2.45, 2.75) is 0 Å². The molecular weight excluding hydrogens is 172 g/mol. The molecule has 0 spiro atoms. The molecule has 0 aliphatic carbocycles. The molecule has 0 aromatic heterocycles. The van der Waals surface area contributed by atoms with Gasteiger partial charge in [0.15, 0.2) is 0 Å². The molecule has 2 amide bonds. The maximum absolute atomic E-state index is 11.4. The van der Waals surface area contributed by atoms with Gasteiger partial charge in [0.25, 0.3) is 0 Å². The van der Waals surface area contributed by atoms with Gasteiger partial charge in [-0.05, 0) is 0 Å². The lowest BCUT2D eigenvalue weighted by atomic mass is 10.4. The number of hydrogen-bond acceptors (Lipinski definition) is 3. The van der Waals surface area contributed by atoms with Crippen LogP contribution in [0.5, 0.6) is 0 Å². The minimum atomic E-state index is -0.0275. The average molecular weight is 188 g/mol. The minimum Gasteiger partial charge on any atom is -0.383 e. The second-order valence-electron chi connectivity index (χ2n) is 2.82. The molecule has 5 heteroatoms. The van der Waals surface area contributed by atoms with E-state index in [0.29, 0.717) is 39.5 Å². The zero-order valence-electron chi connectivity index (χ0n) is 7.91. The van der Waals surface area contributed by atoms with E-state index in [2.05, 4.69) is 5.32 Å². The molecule has 0 aromatic rings. The van der Waals surface area contributed by atoms with Crippen LogP contribution in [0, 0.1) is 0 Å². The first-order chi connectivity index (χ1) is 6.34. The summed E-state index contributed by atoms with van der Waals surface area (Å²) in [5.41, 5.74) is 0. The van der Waals surface area contributed by atoms with Gasteiger partial charge < -0.3 is 19.7 Å². The third kappa shape index (κ3) is 3.61. The van der Waals surface area contributed by atoms with Crippen molar-refractivity contribution in [1.82, 2.24) is 10.2 Å². The highest BCUT2D eigenvalue weighted by molar-refractivity contribution is 5.74. The van der Waals surface area contributed by atoms with Crippen LogP contribution in [0.15, 0.2) is 0 Å². The fraction of sp³-hybridized carbons (Fsp3) is 0.875. The van der Waals surface area contributed by atoms with Gasteiger partial charge in [0, 0.05) is 26.7 Å². The van der Waals surface area contributed by atoms with Crippen molar-refractivity contribution in [1.29, 1.82) is 0 Å². The van der Waals surface area contributed by atoms with Crippen LogP contribution in [0.4, 0.5) is 4.79 Å². The molecule has 1 aliphatic rings. The monoisotopic (exact) mass is 188 g/mol. The predicted octanol–water partition coefficient (Wildman–Crippen LogP) is -0.325. The van der Waals surface area contributed by atoms with Crippen molar-refractivity contribution >= 4 is 6.03 Å². The summed E-state index contributed by atoms with van der Waals surface area (Å²) in [6.45, 7) is 3.75. The Bertz CT molecular complexity index is 157. The van der Waals surface area contributed by atoms with E-state index in [9.17, 15) is 4.79 Å². The lowest BCUT2D eigenvalue weighted by molar-refractivity contribution is 0.0527. The molecule has 0 unspecified atom stereocenters. The molecule has 76 valence electrons. The summed E-state index contributed by atoms with van der Waals surface area (Å²) in [6, 6.07) is -0.0275. The van der Waals surface area contributed by atoms with E-state index in [1.165, 1.54) is 0 Å². The van der Waals surface area contributed by atoms with Crippen molar-refractivity contribution in [3.8, 4) is 0 Å². The molecule has 1 saturated heterocycles. The van der Waals surface area contributed by atoms with Gasteiger partial charge in [-0.2, -0.15) is 0 Å². The van der Waals surface area contributed by atoms with Crippen molar-refractivity contribution in [3.05, 3.63) is 0 Å². The first kappa shape index (κ1) is 10.3. The largest absolute Gasteiger partial charge is 0.383 e. The smallest absolute Gasteiger partial charge is 0.317 e.